The van der Waals surface area contributed by atoms with Crippen LogP contribution in [0.5, 0.6) is 5.75 Å². The second-order valence-electron chi connectivity index (χ2n) is 7.75. The Hall–Kier alpha value is -2.04. The number of fused-ring (bicyclic) bond motifs is 3. The van der Waals surface area contributed by atoms with Crippen LogP contribution in [0.4, 0.5) is 0 Å². The lowest BCUT2D eigenvalue weighted by Crippen LogP contribution is -2.53. The van der Waals surface area contributed by atoms with Gasteiger partial charge >= 0.3 is 5.97 Å². The van der Waals surface area contributed by atoms with Crippen LogP contribution in [-0.2, 0) is 9.59 Å². The average molecular weight is 345 g/mol. The normalized spacial score (nSPS) is 27.8. The molecule has 3 aliphatic rings. The summed E-state index contributed by atoms with van der Waals surface area (Å²) in [4.78, 5) is 26.2. The number of nitrogens with zero attached hydrogens (tertiary/aromatic N) is 1. The van der Waals surface area contributed by atoms with E-state index in [2.05, 4.69) is 0 Å². The molecule has 0 aromatic heterocycles. The van der Waals surface area contributed by atoms with Crippen LogP contribution in [0.2, 0.25) is 0 Å². The maximum absolute atomic E-state index is 13.0. The molecule has 25 heavy (non-hydrogen) atoms. The molecule has 1 N–H and O–H groups in total. The molecule has 0 spiro atoms. The minimum Gasteiger partial charge on any atom is -0.492 e. The summed E-state index contributed by atoms with van der Waals surface area (Å²) in [5.74, 6) is 0.276. The summed E-state index contributed by atoms with van der Waals surface area (Å²) in [5, 5.41) is 9.47. The molecule has 5 heteroatoms. The highest BCUT2D eigenvalue weighted by atomic mass is 16.5. The van der Waals surface area contributed by atoms with Crippen molar-refractivity contribution in [2.45, 2.75) is 45.4 Å². The molecule has 0 saturated heterocycles. The zero-order chi connectivity index (χ0) is 18.1. The molecule has 3 saturated carbocycles. The molecule has 3 fully saturated rings. The fraction of sp³-hybridized carbons (Fsp3) is 0.600. The first-order valence-corrected chi connectivity index (χ1v) is 9.05. The maximum Gasteiger partial charge on any atom is 0.309 e. The number of rotatable bonds is 6. The van der Waals surface area contributed by atoms with Crippen molar-refractivity contribution in [2.75, 3.05) is 20.2 Å². The van der Waals surface area contributed by atoms with Gasteiger partial charge in [0.2, 0.25) is 5.91 Å². The van der Waals surface area contributed by atoms with Crippen molar-refractivity contribution in [3.05, 3.63) is 29.8 Å². The summed E-state index contributed by atoms with van der Waals surface area (Å²) >= 11 is 0. The summed E-state index contributed by atoms with van der Waals surface area (Å²) in [5.41, 5.74) is 0.260. The van der Waals surface area contributed by atoms with Gasteiger partial charge in [-0.2, -0.15) is 0 Å². The van der Waals surface area contributed by atoms with Gasteiger partial charge in [0.1, 0.15) is 12.4 Å². The van der Waals surface area contributed by atoms with Crippen molar-refractivity contribution in [1.29, 1.82) is 0 Å². The third-order valence-corrected chi connectivity index (χ3v) is 6.22. The van der Waals surface area contributed by atoms with Gasteiger partial charge in [0.25, 0.3) is 0 Å². The highest BCUT2D eigenvalue weighted by Crippen LogP contribution is 2.57. The van der Waals surface area contributed by atoms with E-state index < -0.39 is 11.4 Å². The number of aliphatic carboxylic acids is 1. The number of hydrogen-bond acceptors (Lipinski definition) is 3. The molecule has 0 aliphatic heterocycles. The second-order valence-corrected chi connectivity index (χ2v) is 7.75. The van der Waals surface area contributed by atoms with Crippen LogP contribution in [0.25, 0.3) is 0 Å². The van der Waals surface area contributed by atoms with E-state index in [1.54, 1.807) is 4.90 Å². The van der Waals surface area contributed by atoms with Crippen LogP contribution in [0.15, 0.2) is 24.3 Å². The van der Waals surface area contributed by atoms with Crippen LogP contribution in [-0.4, -0.2) is 42.1 Å². The predicted molar refractivity (Wildman–Crippen MR) is 94.5 cm³/mol. The summed E-state index contributed by atoms with van der Waals surface area (Å²) in [6.07, 6.45) is 3.97. The van der Waals surface area contributed by atoms with Gasteiger partial charge in [-0.1, -0.05) is 17.7 Å². The Morgan fingerprint density at radius 1 is 1.04 bits per heavy atom. The van der Waals surface area contributed by atoms with Crippen LogP contribution < -0.4 is 4.74 Å². The summed E-state index contributed by atoms with van der Waals surface area (Å²) in [6, 6.07) is 7.87. The minimum atomic E-state index is -0.687. The highest BCUT2D eigenvalue weighted by molar-refractivity contribution is 5.84. The number of carboxylic acid groups (broad SMARTS) is 1. The van der Waals surface area contributed by atoms with Crippen molar-refractivity contribution in [3.63, 3.8) is 0 Å². The predicted octanol–water partition coefficient (Wildman–Crippen LogP) is 3.26. The Balaban J connectivity index is 1.53. The third-order valence-electron chi connectivity index (χ3n) is 6.22. The number of aryl methyl sites for hydroxylation is 1. The van der Waals surface area contributed by atoms with E-state index in [0.29, 0.717) is 51.7 Å². The summed E-state index contributed by atoms with van der Waals surface area (Å²) in [7, 11) is 1.82. The molecular formula is C20H27NO4. The molecule has 1 aromatic carbocycles. The average Bonchev–Trinajstić information content (AvgIpc) is 2.64. The number of carbonyl (C=O) groups is 2. The Kier molecular flexibility index (Phi) is 4.76. The van der Waals surface area contributed by atoms with Gasteiger partial charge in [-0.05, 0) is 57.6 Å². The number of hydrogen-bond donors (Lipinski definition) is 1. The first kappa shape index (κ1) is 17.8. The van der Waals surface area contributed by atoms with Gasteiger partial charge < -0.3 is 14.7 Å². The zero-order valence-corrected chi connectivity index (χ0v) is 15.1. The lowest BCUT2D eigenvalue weighted by atomic mass is 9.53. The Morgan fingerprint density at radius 3 is 2.08 bits per heavy atom. The number of likely N-dealkylation sites (N-methyl/N-ethyl adjacent to an activating group) is 1. The molecule has 0 heterocycles. The van der Waals surface area contributed by atoms with E-state index >= 15 is 0 Å². The van der Waals surface area contributed by atoms with Crippen LogP contribution in [0.3, 0.4) is 0 Å². The van der Waals surface area contributed by atoms with E-state index in [1.165, 1.54) is 5.56 Å². The van der Waals surface area contributed by atoms with Crippen LogP contribution in [0, 0.1) is 17.8 Å². The molecule has 1 amide bonds. The fourth-order valence-electron chi connectivity index (χ4n) is 4.27. The number of ether oxygens (including phenoxy) is 1. The van der Waals surface area contributed by atoms with Crippen LogP contribution in [0.1, 0.15) is 44.1 Å². The standard InChI is InChI=1S/C20H27NO4/c1-15-3-5-16(6-4-15)25-14-13-21(2)17(22)19-7-10-20(11-8-19,12-9-19)18(23)24/h3-6H,7-14H2,1-2H3,(H,23,24). The molecule has 136 valence electrons. The molecule has 5 nitrogen and oxygen atoms in total. The monoisotopic (exact) mass is 345 g/mol. The van der Waals surface area contributed by atoms with E-state index in [4.69, 9.17) is 4.74 Å². The zero-order valence-electron chi connectivity index (χ0n) is 15.1. The molecule has 1 aromatic rings. The Bertz CT molecular complexity index is 628. The number of carboxylic acids is 1. The summed E-state index contributed by atoms with van der Waals surface area (Å²) in [6.45, 7) is 3.03. The minimum absolute atomic E-state index is 0.152. The largest absolute Gasteiger partial charge is 0.492 e. The number of carbonyl (C=O) groups excluding carboxylic acids is 1. The maximum atomic E-state index is 13.0. The SMILES string of the molecule is Cc1ccc(OCCN(C)C(=O)C23CCC(C(=O)O)(CC2)CC3)cc1. The number of benzene rings is 1. The van der Waals surface area contributed by atoms with E-state index in [9.17, 15) is 14.7 Å². The highest BCUT2D eigenvalue weighted by Gasteiger charge is 2.56. The molecule has 0 unspecified atom stereocenters. The summed E-state index contributed by atoms with van der Waals surface area (Å²) < 4.78 is 5.72. The lowest BCUT2D eigenvalue weighted by molar-refractivity contribution is -0.166. The Morgan fingerprint density at radius 2 is 1.56 bits per heavy atom. The molecule has 3 aliphatic carbocycles. The third kappa shape index (κ3) is 3.37. The Labute approximate surface area is 149 Å². The van der Waals surface area contributed by atoms with Crippen molar-refractivity contribution in [2.24, 2.45) is 10.8 Å². The van der Waals surface area contributed by atoms with Gasteiger partial charge in [-0.15, -0.1) is 0 Å². The molecule has 4 rings (SSSR count). The van der Waals surface area contributed by atoms with Gasteiger partial charge in [0, 0.05) is 12.5 Å². The smallest absolute Gasteiger partial charge is 0.309 e. The van der Waals surface area contributed by atoms with Gasteiger partial charge in [-0.3, -0.25) is 9.59 Å². The van der Waals surface area contributed by atoms with Crippen molar-refractivity contribution in [1.82, 2.24) is 4.90 Å². The topological polar surface area (TPSA) is 66.8 Å². The van der Waals surface area contributed by atoms with Crippen LogP contribution >= 0.6 is 0 Å². The lowest BCUT2D eigenvalue weighted by Gasteiger charge is -2.51. The molecule has 2 bridgehead atoms. The van der Waals surface area contributed by atoms with Crippen molar-refractivity contribution >= 4 is 11.9 Å². The molecule has 0 atom stereocenters. The molecule has 0 radical (unpaired) electrons. The quantitative estimate of drug-likeness (QED) is 0.859. The number of amides is 1. The van der Waals surface area contributed by atoms with Crippen molar-refractivity contribution < 1.29 is 19.4 Å². The van der Waals surface area contributed by atoms with Gasteiger partial charge in [0.05, 0.1) is 12.0 Å². The fourth-order valence-corrected chi connectivity index (χ4v) is 4.27. The first-order valence-electron chi connectivity index (χ1n) is 9.05. The first-order chi connectivity index (χ1) is 11.9. The van der Waals surface area contributed by atoms with Gasteiger partial charge in [-0.25, -0.2) is 0 Å². The van der Waals surface area contributed by atoms with Crippen molar-refractivity contribution in [3.8, 4) is 5.75 Å². The van der Waals surface area contributed by atoms with E-state index in [0.717, 1.165) is 5.75 Å². The van der Waals surface area contributed by atoms with Gasteiger partial charge in [0.15, 0.2) is 0 Å². The van der Waals surface area contributed by atoms with E-state index in [-0.39, 0.29) is 11.3 Å². The van der Waals surface area contributed by atoms with E-state index in [1.807, 2.05) is 38.2 Å². The molecular weight excluding hydrogens is 318 g/mol. The second kappa shape index (κ2) is 6.70.